The summed E-state index contributed by atoms with van der Waals surface area (Å²) in [4.78, 5) is 45.1. The van der Waals surface area contributed by atoms with Crippen molar-refractivity contribution >= 4 is 54.9 Å². The molecule has 6 nitrogen and oxygen atoms in total. The first-order valence-corrected chi connectivity index (χ1v) is 18.4. The van der Waals surface area contributed by atoms with Crippen LogP contribution in [-0.4, -0.2) is 19.5 Å². The number of hydrogen-bond donors (Lipinski definition) is 1. The Hall–Kier alpha value is -3.53. The quantitative estimate of drug-likeness (QED) is 0.147. The Bertz CT molecular complexity index is 2250. The zero-order valence-corrected chi connectivity index (χ0v) is 29.8. The third kappa shape index (κ3) is 5.36. The molecule has 0 saturated heterocycles. The molecule has 0 amide bonds. The van der Waals surface area contributed by atoms with E-state index in [0.717, 1.165) is 67.1 Å². The Morgan fingerprint density at radius 3 is 2.33 bits per heavy atom. The lowest BCUT2D eigenvalue weighted by atomic mass is 9.72. The number of aromatic amines is 1. The number of aromatic nitrogens is 4. The fourth-order valence-corrected chi connectivity index (χ4v) is 10.1. The molecule has 0 radical (unpaired) electrons. The number of thiophene rings is 2. The van der Waals surface area contributed by atoms with Crippen LogP contribution in [0.5, 0.6) is 0 Å². The van der Waals surface area contributed by atoms with Crippen LogP contribution in [0.1, 0.15) is 65.0 Å². The van der Waals surface area contributed by atoms with E-state index in [4.69, 9.17) is 9.97 Å². The second-order valence-corrected chi connectivity index (χ2v) is 16.9. The van der Waals surface area contributed by atoms with Gasteiger partial charge in [0.15, 0.2) is 5.16 Å². The van der Waals surface area contributed by atoms with E-state index in [1.807, 2.05) is 43.5 Å². The van der Waals surface area contributed by atoms with Crippen LogP contribution in [0.3, 0.4) is 0 Å². The summed E-state index contributed by atoms with van der Waals surface area (Å²) in [7, 11) is 0. The van der Waals surface area contributed by atoms with Crippen molar-refractivity contribution in [2.45, 2.75) is 78.6 Å². The second kappa shape index (κ2) is 11.6. The van der Waals surface area contributed by atoms with Gasteiger partial charge in [0, 0.05) is 15.3 Å². The Morgan fingerprint density at radius 2 is 1.63 bits per heavy atom. The Kier molecular flexibility index (Phi) is 7.85. The van der Waals surface area contributed by atoms with Gasteiger partial charge < -0.3 is 4.98 Å². The molecule has 1 aliphatic carbocycles. The molecule has 6 aromatic rings. The second-order valence-electron chi connectivity index (χ2n) is 13.6. The minimum atomic E-state index is -0.143. The van der Waals surface area contributed by atoms with E-state index in [1.54, 1.807) is 22.7 Å². The van der Waals surface area contributed by atoms with Gasteiger partial charge in [-0.2, -0.15) is 0 Å². The first-order chi connectivity index (χ1) is 21.9. The number of hydrogen-bond acceptors (Lipinski definition) is 7. The van der Waals surface area contributed by atoms with Gasteiger partial charge in [-0.25, -0.2) is 9.97 Å². The number of H-pyrrole nitrogens is 1. The molecule has 0 fully saturated rings. The van der Waals surface area contributed by atoms with Crippen LogP contribution in [0.2, 0.25) is 0 Å². The average Bonchev–Trinajstić information content (AvgIpc) is 3.53. The van der Waals surface area contributed by atoms with E-state index in [9.17, 15) is 9.59 Å². The van der Waals surface area contributed by atoms with Gasteiger partial charge in [0.05, 0.1) is 22.2 Å². The van der Waals surface area contributed by atoms with Crippen LogP contribution in [-0.2, 0) is 18.6 Å². The molecular formula is C37H38N4O2S3. The van der Waals surface area contributed by atoms with Gasteiger partial charge in [0.1, 0.15) is 15.5 Å². The summed E-state index contributed by atoms with van der Waals surface area (Å²) >= 11 is 4.67. The zero-order valence-electron chi connectivity index (χ0n) is 27.3. The van der Waals surface area contributed by atoms with Crippen molar-refractivity contribution in [3.8, 4) is 16.8 Å². The van der Waals surface area contributed by atoms with Gasteiger partial charge in [-0.3, -0.25) is 14.2 Å². The van der Waals surface area contributed by atoms with Crippen molar-refractivity contribution < 1.29 is 0 Å². The number of benzene rings is 2. The third-order valence-corrected chi connectivity index (χ3v) is 12.5. The number of nitrogens with one attached hydrogen (secondary N) is 1. The van der Waals surface area contributed by atoms with Crippen LogP contribution in [0.15, 0.2) is 57.2 Å². The number of thioether (sulfide) groups is 1. The van der Waals surface area contributed by atoms with Crippen molar-refractivity contribution in [1.82, 2.24) is 19.5 Å². The molecule has 0 aliphatic heterocycles. The van der Waals surface area contributed by atoms with Gasteiger partial charge in [0.25, 0.3) is 11.1 Å². The number of rotatable bonds is 5. The zero-order chi connectivity index (χ0) is 32.5. The molecule has 4 heterocycles. The van der Waals surface area contributed by atoms with Crippen LogP contribution in [0, 0.1) is 39.0 Å². The largest absolute Gasteiger partial charge is 0.309 e. The first-order valence-electron chi connectivity index (χ1n) is 15.8. The normalized spacial score (nSPS) is 15.2. The van der Waals surface area contributed by atoms with Gasteiger partial charge in [-0.15, -0.1) is 22.7 Å². The summed E-state index contributed by atoms with van der Waals surface area (Å²) in [5, 5.41) is 2.01. The summed E-state index contributed by atoms with van der Waals surface area (Å²) in [6, 6.07) is 14.4. The highest BCUT2D eigenvalue weighted by molar-refractivity contribution is 7.98. The van der Waals surface area contributed by atoms with E-state index in [1.165, 1.54) is 27.8 Å². The number of aryl methyl sites for hydroxylation is 5. The van der Waals surface area contributed by atoms with Crippen molar-refractivity contribution in [1.29, 1.82) is 0 Å². The molecule has 2 aromatic carbocycles. The standard InChI is InChI=1S/C37H38N4O2S3/c1-19-11-13-23(14-12-19)28-22(4)45-34-30(28)32(42)38-27(39-34)18-44-36-40-33-29(25-16-15-24(37(5,6)7)17-26(25)46-33)35(43)41(36)31-20(2)9-8-10-21(31)3/h8-14,24H,15-18H2,1-7H3,(H,38,39,42). The van der Waals surface area contributed by atoms with Gasteiger partial charge >= 0.3 is 0 Å². The molecule has 1 atom stereocenters. The molecule has 236 valence electrons. The Labute approximate surface area is 281 Å². The Balaban J connectivity index is 1.32. The number of fused-ring (bicyclic) bond motifs is 4. The topological polar surface area (TPSA) is 80.6 Å². The summed E-state index contributed by atoms with van der Waals surface area (Å²) in [6.45, 7) is 15.1. The lowest BCUT2D eigenvalue weighted by molar-refractivity contribution is 0.218. The molecule has 46 heavy (non-hydrogen) atoms. The molecule has 7 rings (SSSR count). The van der Waals surface area contributed by atoms with Crippen molar-refractivity contribution in [2.24, 2.45) is 11.3 Å². The minimum Gasteiger partial charge on any atom is -0.309 e. The number of nitrogens with zero attached hydrogens (tertiary/aromatic N) is 3. The van der Waals surface area contributed by atoms with E-state index < -0.39 is 0 Å². The van der Waals surface area contributed by atoms with Gasteiger partial charge in [0.2, 0.25) is 0 Å². The van der Waals surface area contributed by atoms with E-state index in [0.29, 0.717) is 28.0 Å². The molecular weight excluding hydrogens is 629 g/mol. The molecule has 9 heteroatoms. The van der Waals surface area contributed by atoms with Crippen molar-refractivity contribution in [3.63, 3.8) is 0 Å². The highest BCUT2D eigenvalue weighted by Gasteiger charge is 2.32. The van der Waals surface area contributed by atoms with Crippen LogP contribution in [0.25, 0.3) is 37.2 Å². The fourth-order valence-electron chi connectivity index (χ4n) is 6.83. The third-order valence-electron chi connectivity index (χ3n) is 9.41. The van der Waals surface area contributed by atoms with Gasteiger partial charge in [-0.1, -0.05) is 80.6 Å². The SMILES string of the molecule is Cc1ccc(-c2c(C)sc3nc(CSc4nc5sc6c(c5c(=O)n4-c4c(C)cccc4C)CCC(C(C)(C)C)C6)[nH]c(=O)c23)cc1. The molecule has 1 unspecified atom stereocenters. The highest BCUT2D eigenvalue weighted by Crippen LogP contribution is 2.43. The lowest BCUT2D eigenvalue weighted by Crippen LogP contribution is -2.27. The molecule has 4 aromatic heterocycles. The van der Waals surface area contributed by atoms with Gasteiger partial charge in [-0.05, 0) is 80.5 Å². The fraction of sp³-hybridized carbons (Fsp3) is 0.351. The molecule has 0 spiro atoms. The Morgan fingerprint density at radius 1 is 0.935 bits per heavy atom. The summed E-state index contributed by atoms with van der Waals surface area (Å²) in [6.07, 6.45) is 2.97. The summed E-state index contributed by atoms with van der Waals surface area (Å²) in [5.74, 6) is 1.52. The minimum absolute atomic E-state index is 0.00913. The van der Waals surface area contributed by atoms with Crippen LogP contribution < -0.4 is 11.1 Å². The maximum atomic E-state index is 14.5. The molecule has 0 saturated carbocycles. The molecule has 1 N–H and O–H groups in total. The van der Waals surface area contributed by atoms with Crippen LogP contribution in [0.4, 0.5) is 0 Å². The lowest BCUT2D eigenvalue weighted by Gasteiger charge is -2.33. The van der Waals surface area contributed by atoms with E-state index in [-0.39, 0.29) is 16.5 Å². The van der Waals surface area contributed by atoms with Crippen LogP contribution >= 0.6 is 34.4 Å². The van der Waals surface area contributed by atoms with E-state index in [2.05, 4.69) is 56.9 Å². The molecule has 1 aliphatic rings. The predicted octanol–water partition coefficient (Wildman–Crippen LogP) is 9.09. The predicted molar refractivity (Wildman–Crippen MR) is 194 cm³/mol. The average molecular weight is 667 g/mol. The maximum absolute atomic E-state index is 14.5. The van der Waals surface area contributed by atoms with E-state index >= 15 is 0 Å². The summed E-state index contributed by atoms with van der Waals surface area (Å²) < 4.78 is 1.81. The summed E-state index contributed by atoms with van der Waals surface area (Å²) in [5.41, 5.74) is 7.31. The highest BCUT2D eigenvalue weighted by atomic mass is 32.2. The monoisotopic (exact) mass is 666 g/mol. The van der Waals surface area contributed by atoms with Crippen molar-refractivity contribution in [3.05, 3.63) is 101 Å². The first kappa shape index (κ1) is 31.1. The maximum Gasteiger partial charge on any atom is 0.267 e. The smallest absolute Gasteiger partial charge is 0.267 e. The number of para-hydroxylation sites is 1. The van der Waals surface area contributed by atoms with Crippen molar-refractivity contribution in [2.75, 3.05) is 0 Å². The molecule has 0 bridgehead atoms.